The fourth-order valence-corrected chi connectivity index (χ4v) is 0.540. The van der Waals surface area contributed by atoms with E-state index in [4.69, 9.17) is 9.52 Å². The van der Waals surface area contributed by atoms with Crippen LogP contribution in [0.4, 0.5) is 0 Å². The van der Waals surface area contributed by atoms with Gasteiger partial charge in [-0.25, -0.2) is 4.79 Å². The molecule has 0 aromatic carbocycles. The van der Waals surface area contributed by atoms with Crippen LogP contribution in [0, 0.1) is 0 Å². The van der Waals surface area contributed by atoms with E-state index in [-0.39, 0.29) is 51.4 Å². The van der Waals surface area contributed by atoms with E-state index >= 15 is 0 Å². The minimum Gasteiger partial charge on any atom is -0.478 e. The first kappa shape index (κ1) is 11.1. The van der Waals surface area contributed by atoms with Gasteiger partial charge in [0.05, 0.1) is 6.26 Å². The molecule has 0 fully saturated rings. The number of aliphatic carboxylic acids is 1. The van der Waals surface area contributed by atoms with Crippen LogP contribution in [0.15, 0.2) is 28.9 Å². The molecule has 0 bridgehead atoms. The van der Waals surface area contributed by atoms with Crippen LogP contribution in [0.25, 0.3) is 6.08 Å². The quantitative estimate of drug-likeness (QED) is 0.541. The summed E-state index contributed by atoms with van der Waals surface area (Å²) in [6.07, 6.45) is 3.91. The van der Waals surface area contributed by atoms with Crippen molar-refractivity contribution >= 4 is 63.4 Å². The second-order valence-corrected chi connectivity index (χ2v) is 1.69. The normalized spacial score (nSPS) is 9.45. The standard InChI is InChI=1S/C7H6O3.K/c8-7(9)4-3-6-2-1-5-10-6;/h1-5H,(H,8,9);/b4-3+;. The van der Waals surface area contributed by atoms with E-state index in [0.29, 0.717) is 5.76 Å². The topological polar surface area (TPSA) is 50.4 Å². The Morgan fingerprint density at radius 2 is 2.36 bits per heavy atom. The zero-order valence-electron chi connectivity index (χ0n) is 6.15. The van der Waals surface area contributed by atoms with E-state index in [1.807, 2.05) is 0 Å². The largest absolute Gasteiger partial charge is 0.478 e. The van der Waals surface area contributed by atoms with Gasteiger partial charge in [0.1, 0.15) is 5.76 Å². The molecule has 0 spiro atoms. The molecule has 0 aliphatic rings. The molecule has 1 radical (unpaired) electrons. The minimum atomic E-state index is -0.976. The van der Waals surface area contributed by atoms with Crippen molar-refractivity contribution in [3.63, 3.8) is 0 Å². The summed E-state index contributed by atoms with van der Waals surface area (Å²) in [5.41, 5.74) is 0. The SMILES string of the molecule is O=C(O)/C=C/c1ccco1.[K]. The predicted molar refractivity (Wildman–Crippen MR) is 41.1 cm³/mol. The number of rotatable bonds is 2. The van der Waals surface area contributed by atoms with Crippen LogP contribution in [0.5, 0.6) is 0 Å². The van der Waals surface area contributed by atoms with Crippen LogP contribution >= 0.6 is 0 Å². The van der Waals surface area contributed by atoms with E-state index in [1.165, 1.54) is 12.3 Å². The molecule has 0 aliphatic carbocycles. The molecule has 0 saturated heterocycles. The number of hydrogen-bond donors (Lipinski definition) is 1. The number of carbonyl (C=O) groups is 1. The van der Waals surface area contributed by atoms with Crippen LogP contribution in [0.3, 0.4) is 0 Å². The van der Waals surface area contributed by atoms with Gasteiger partial charge in [-0.05, 0) is 18.2 Å². The maximum Gasteiger partial charge on any atom is 0.328 e. The summed E-state index contributed by atoms with van der Waals surface area (Å²) in [7, 11) is 0. The Labute approximate surface area is 107 Å². The fraction of sp³-hybridized carbons (Fsp3) is 0. The number of hydrogen-bond acceptors (Lipinski definition) is 2. The molecule has 0 aliphatic heterocycles. The van der Waals surface area contributed by atoms with Crippen molar-refractivity contribution in [2.45, 2.75) is 0 Å². The molecule has 53 valence electrons. The van der Waals surface area contributed by atoms with Gasteiger partial charge < -0.3 is 9.52 Å². The Morgan fingerprint density at radius 3 is 2.82 bits per heavy atom. The summed E-state index contributed by atoms with van der Waals surface area (Å²) >= 11 is 0. The molecule has 0 amide bonds. The number of carboxylic acid groups (broad SMARTS) is 1. The average Bonchev–Trinajstić information content (AvgIpc) is 2.34. The molecule has 3 nitrogen and oxygen atoms in total. The van der Waals surface area contributed by atoms with Crippen LogP contribution in [0.1, 0.15) is 5.76 Å². The van der Waals surface area contributed by atoms with Crippen molar-refractivity contribution in [2.24, 2.45) is 0 Å². The van der Waals surface area contributed by atoms with Crippen LogP contribution in [-0.2, 0) is 4.79 Å². The summed E-state index contributed by atoms with van der Waals surface area (Å²) in [6, 6.07) is 3.38. The Kier molecular flexibility index (Phi) is 5.80. The second-order valence-electron chi connectivity index (χ2n) is 1.69. The molecule has 1 aromatic rings. The Morgan fingerprint density at radius 1 is 1.64 bits per heavy atom. The Hall–Kier alpha value is 0.126. The zero-order chi connectivity index (χ0) is 7.40. The van der Waals surface area contributed by atoms with E-state index in [1.54, 1.807) is 12.1 Å². The first-order chi connectivity index (χ1) is 4.79. The molecule has 11 heavy (non-hydrogen) atoms. The number of furan rings is 1. The molecule has 0 saturated carbocycles. The Bertz CT molecular complexity index is 238. The molecular weight excluding hydrogens is 171 g/mol. The van der Waals surface area contributed by atoms with E-state index in [0.717, 1.165) is 6.08 Å². The van der Waals surface area contributed by atoms with Gasteiger partial charge >= 0.3 is 5.97 Å². The first-order valence-electron chi connectivity index (χ1n) is 2.73. The van der Waals surface area contributed by atoms with Gasteiger partial charge in [0, 0.05) is 57.5 Å². The molecule has 1 heterocycles. The second kappa shape index (κ2) is 5.74. The van der Waals surface area contributed by atoms with Crippen molar-refractivity contribution in [2.75, 3.05) is 0 Å². The molecule has 1 aromatic heterocycles. The van der Waals surface area contributed by atoms with Gasteiger partial charge in [0.25, 0.3) is 0 Å². The fourth-order valence-electron chi connectivity index (χ4n) is 0.540. The van der Waals surface area contributed by atoms with E-state index < -0.39 is 5.97 Å². The summed E-state index contributed by atoms with van der Waals surface area (Å²) in [5, 5.41) is 8.18. The summed E-state index contributed by atoms with van der Waals surface area (Å²) in [6.45, 7) is 0. The van der Waals surface area contributed by atoms with Crippen LogP contribution < -0.4 is 0 Å². The summed E-state index contributed by atoms with van der Waals surface area (Å²) < 4.78 is 4.83. The number of carboxylic acids is 1. The minimum absolute atomic E-state index is 0. The first-order valence-corrected chi connectivity index (χ1v) is 2.73. The van der Waals surface area contributed by atoms with Crippen molar-refractivity contribution in [1.82, 2.24) is 0 Å². The monoisotopic (exact) mass is 177 g/mol. The van der Waals surface area contributed by atoms with Gasteiger partial charge in [-0.1, -0.05) is 0 Å². The maximum absolute atomic E-state index is 9.97. The van der Waals surface area contributed by atoms with Gasteiger partial charge in [-0.15, -0.1) is 0 Å². The molecular formula is C7H6KO3. The van der Waals surface area contributed by atoms with Crippen molar-refractivity contribution in [3.8, 4) is 0 Å². The molecule has 1 rings (SSSR count). The Balaban J connectivity index is 0.000001000. The predicted octanol–water partition coefficient (Wildman–Crippen LogP) is 0.997. The van der Waals surface area contributed by atoms with Crippen molar-refractivity contribution in [1.29, 1.82) is 0 Å². The molecule has 4 heteroatoms. The smallest absolute Gasteiger partial charge is 0.328 e. The van der Waals surface area contributed by atoms with Gasteiger partial charge in [-0.3, -0.25) is 0 Å². The summed E-state index contributed by atoms with van der Waals surface area (Å²) in [5.74, 6) is -0.432. The maximum atomic E-state index is 9.97. The van der Waals surface area contributed by atoms with Gasteiger partial charge in [-0.2, -0.15) is 0 Å². The molecule has 0 unspecified atom stereocenters. The van der Waals surface area contributed by atoms with Crippen LogP contribution in [-0.4, -0.2) is 62.5 Å². The average molecular weight is 177 g/mol. The van der Waals surface area contributed by atoms with Gasteiger partial charge in [0.2, 0.25) is 0 Å². The van der Waals surface area contributed by atoms with Crippen molar-refractivity contribution in [3.05, 3.63) is 30.2 Å². The summed E-state index contributed by atoms with van der Waals surface area (Å²) in [4.78, 5) is 9.97. The molecule has 1 N–H and O–H groups in total. The third-order valence-corrected chi connectivity index (χ3v) is 0.933. The van der Waals surface area contributed by atoms with Crippen molar-refractivity contribution < 1.29 is 14.3 Å². The van der Waals surface area contributed by atoms with Crippen LogP contribution in [0.2, 0.25) is 0 Å². The third kappa shape index (κ3) is 4.55. The molecule has 0 atom stereocenters. The van der Waals surface area contributed by atoms with E-state index in [9.17, 15) is 4.79 Å². The third-order valence-electron chi connectivity index (χ3n) is 0.933. The van der Waals surface area contributed by atoms with E-state index in [2.05, 4.69) is 0 Å². The van der Waals surface area contributed by atoms with Gasteiger partial charge in [0.15, 0.2) is 0 Å². The zero-order valence-corrected chi connectivity index (χ0v) is 9.27.